The number of benzene rings is 2. The molecule has 0 aliphatic rings. The molecule has 0 fully saturated rings. The van der Waals surface area contributed by atoms with Gasteiger partial charge in [0.2, 0.25) is 5.91 Å². The molecule has 10 heteroatoms. The predicted molar refractivity (Wildman–Crippen MR) is 102 cm³/mol. The molecule has 0 aliphatic heterocycles. The number of amides is 1. The minimum absolute atomic E-state index is 0.00554. The highest BCUT2D eigenvalue weighted by Crippen LogP contribution is 2.34. The van der Waals surface area contributed by atoms with Gasteiger partial charge in [-0.15, -0.1) is 11.8 Å². The average molecular weight is 424 g/mol. The van der Waals surface area contributed by atoms with Crippen molar-refractivity contribution < 1.29 is 22.4 Å². The van der Waals surface area contributed by atoms with E-state index in [0.29, 0.717) is 0 Å². The molecule has 29 heavy (non-hydrogen) atoms. The summed E-state index contributed by atoms with van der Waals surface area (Å²) in [5.74, 6) is -0.815. The zero-order valence-electron chi connectivity index (χ0n) is 15.2. The van der Waals surface area contributed by atoms with Gasteiger partial charge in [-0.1, -0.05) is 12.1 Å². The molecule has 0 bridgehead atoms. The zero-order valence-corrected chi connectivity index (χ0v) is 16.0. The lowest BCUT2D eigenvalue weighted by Crippen LogP contribution is -2.17. The first kappa shape index (κ1) is 20.8. The van der Waals surface area contributed by atoms with Crippen molar-refractivity contribution in [3.63, 3.8) is 0 Å². The summed E-state index contributed by atoms with van der Waals surface area (Å²) in [5, 5.41) is 6.32. The molecule has 1 unspecified atom stereocenters. The number of hydrogen-bond acceptors (Lipinski definition) is 4. The highest BCUT2D eigenvalue weighted by molar-refractivity contribution is 8.00. The molecule has 0 spiro atoms. The third-order valence-electron chi connectivity index (χ3n) is 4.07. The molecule has 0 aliphatic carbocycles. The van der Waals surface area contributed by atoms with Gasteiger partial charge in [0.1, 0.15) is 18.5 Å². The fraction of sp³-hybridized carbons (Fsp3) is 0.211. The van der Waals surface area contributed by atoms with Gasteiger partial charge in [0.05, 0.1) is 22.7 Å². The summed E-state index contributed by atoms with van der Waals surface area (Å²) in [4.78, 5) is 16.1. The van der Waals surface area contributed by atoms with Crippen LogP contribution in [0.4, 0.5) is 23.2 Å². The van der Waals surface area contributed by atoms with Crippen molar-refractivity contribution in [2.75, 3.05) is 11.1 Å². The highest BCUT2D eigenvalue weighted by Gasteiger charge is 2.31. The standard InChI is InChI=1S/C19H16F4N4OS/c1-12(13-2-5-15(20)6-3-13)29-9-18(28)26-16-8-14(19(21,22)23)4-7-17(16)27-11-24-10-25-27/h2-8,10-12H,9H2,1H3,(H,26,28). The summed E-state index contributed by atoms with van der Waals surface area (Å²) in [6.07, 6.45) is -1.99. The van der Waals surface area contributed by atoms with E-state index in [9.17, 15) is 22.4 Å². The number of halogens is 4. The van der Waals surface area contributed by atoms with Gasteiger partial charge in [0.25, 0.3) is 0 Å². The van der Waals surface area contributed by atoms with Crippen molar-refractivity contribution in [3.8, 4) is 5.69 Å². The number of carbonyl (C=O) groups is 1. The third kappa shape index (κ3) is 5.35. The Morgan fingerprint density at radius 1 is 1.21 bits per heavy atom. The van der Waals surface area contributed by atoms with E-state index < -0.39 is 17.6 Å². The van der Waals surface area contributed by atoms with E-state index in [1.165, 1.54) is 47.3 Å². The van der Waals surface area contributed by atoms with Gasteiger partial charge < -0.3 is 5.32 Å². The Morgan fingerprint density at radius 3 is 2.55 bits per heavy atom. The Balaban J connectivity index is 1.73. The quantitative estimate of drug-likeness (QED) is 0.575. The largest absolute Gasteiger partial charge is 0.416 e. The predicted octanol–water partition coefficient (Wildman–Crippen LogP) is 4.86. The number of alkyl halides is 3. The first-order chi connectivity index (χ1) is 13.7. The lowest BCUT2D eigenvalue weighted by atomic mass is 10.1. The van der Waals surface area contributed by atoms with Crippen LogP contribution in [-0.2, 0) is 11.0 Å². The van der Waals surface area contributed by atoms with Crippen molar-refractivity contribution in [1.29, 1.82) is 0 Å². The summed E-state index contributed by atoms with van der Waals surface area (Å²) in [5.41, 5.74) is 0.196. The van der Waals surface area contributed by atoms with Crippen LogP contribution in [0, 0.1) is 5.82 Å². The van der Waals surface area contributed by atoms with Gasteiger partial charge in [-0.3, -0.25) is 4.79 Å². The highest BCUT2D eigenvalue weighted by atomic mass is 32.2. The molecule has 1 atom stereocenters. The summed E-state index contributed by atoms with van der Waals surface area (Å²) >= 11 is 1.28. The summed E-state index contributed by atoms with van der Waals surface area (Å²) < 4.78 is 53.5. The van der Waals surface area contributed by atoms with Crippen molar-refractivity contribution in [2.45, 2.75) is 18.3 Å². The second-order valence-electron chi connectivity index (χ2n) is 6.12. The van der Waals surface area contributed by atoms with Crippen LogP contribution in [0.25, 0.3) is 5.69 Å². The molecule has 2 aromatic carbocycles. The number of nitrogens with zero attached hydrogens (tertiary/aromatic N) is 3. The van der Waals surface area contributed by atoms with Crippen LogP contribution in [0.2, 0.25) is 0 Å². The van der Waals surface area contributed by atoms with Gasteiger partial charge in [-0.2, -0.15) is 18.3 Å². The van der Waals surface area contributed by atoms with E-state index >= 15 is 0 Å². The van der Waals surface area contributed by atoms with Gasteiger partial charge in [-0.25, -0.2) is 14.1 Å². The monoisotopic (exact) mass is 424 g/mol. The Morgan fingerprint density at radius 2 is 1.93 bits per heavy atom. The molecule has 1 amide bonds. The number of thioether (sulfide) groups is 1. The topological polar surface area (TPSA) is 59.8 Å². The zero-order chi connectivity index (χ0) is 21.0. The maximum atomic E-state index is 13.1. The van der Waals surface area contributed by atoms with Crippen molar-refractivity contribution in [2.24, 2.45) is 0 Å². The van der Waals surface area contributed by atoms with Gasteiger partial charge >= 0.3 is 6.18 Å². The minimum Gasteiger partial charge on any atom is -0.323 e. The van der Waals surface area contributed by atoms with E-state index in [4.69, 9.17) is 0 Å². The normalized spacial score (nSPS) is 12.6. The summed E-state index contributed by atoms with van der Waals surface area (Å²) in [7, 11) is 0. The van der Waals surface area contributed by atoms with Crippen LogP contribution in [0.1, 0.15) is 23.3 Å². The number of rotatable bonds is 6. The molecular formula is C19H16F4N4OS. The molecule has 0 saturated carbocycles. The molecular weight excluding hydrogens is 408 g/mol. The minimum atomic E-state index is -4.55. The van der Waals surface area contributed by atoms with Crippen molar-refractivity contribution in [3.05, 3.63) is 72.1 Å². The maximum absolute atomic E-state index is 13.1. The molecule has 152 valence electrons. The average Bonchev–Trinajstić information content (AvgIpc) is 3.20. The summed E-state index contributed by atoms with van der Waals surface area (Å²) in [6.45, 7) is 1.86. The molecule has 5 nitrogen and oxygen atoms in total. The third-order valence-corrected chi connectivity index (χ3v) is 5.27. The van der Waals surface area contributed by atoms with E-state index in [1.54, 1.807) is 12.1 Å². The molecule has 0 radical (unpaired) electrons. The molecule has 3 aromatic rings. The van der Waals surface area contributed by atoms with Crippen LogP contribution in [0.15, 0.2) is 55.1 Å². The van der Waals surface area contributed by atoms with E-state index in [0.717, 1.165) is 17.7 Å². The van der Waals surface area contributed by atoms with E-state index in [-0.39, 0.29) is 28.2 Å². The SMILES string of the molecule is CC(SCC(=O)Nc1cc(C(F)(F)F)ccc1-n1cncn1)c1ccc(F)cc1. The number of hydrogen-bond donors (Lipinski definition) is 1. The van der Waals surface area contributed by atoms with Crippen molar-refractivity contribution in [1.82, 2.24) is 14.8 Å². The number of anilines is 1. The van der Waals surface area contributed by atoms with E-state index in [2.05, 4.69) is 15.4 Å². The lowest BCUT2D eigenvalue weighted by molar-refractivity contribution is -0.137. The molecule has 1 heterocycles. The summed E-state index contributed by atoms with van der Waals surface area (Å²) in [6, 6.07) is 8.92. The van der Waals surface area contributed by atoms with Crippen LogP contribution in [0.5, 0.6) is 0 Å². The van der Waals surface area contributed by atoms with Crippen molar-refractivity contribution >= 4 is 23.4 Å². The molecule has 1 N–H and O–H groups in total. The molecule has 3 rings (SSSR count). The first-order valence-corrected chi connectivity index (χ1v) is 9.52. The fourth-order valence-corrected chi connectivity index (χ4v) is 3.39. The number of carbonyl (C=O) groups excluding carboxylic acids is 1. The van der Waals surface area contributed by atoms with Gasteiger partial charge in [0, 0.05) is 5.25 Å². The Labute approximate surface area is 168 Å². The first-order valence-electron chi connectivity index (χ1n) is 8.47. The van der Waals surface area contributed by atoms with Crippen LogP contribution in [0.3, 0.4) is 0 Å². The van der Waals surface area contributed by atoms with Gasteiger partial charge in [0.15, 0.2) is 0 Å². The fourth-order valence-electron chi connectivity index (χ4n) is 2.56. The Kier molecular flexibility index (Phi) is 6.21. The van der Waals surface area contributed by atoms with Gasteiger partial charge in [-0.05, 0) is 42.8 Å². The van der Waals surface area contributed by atoms with Crippen LogP contribution >= 0.6 is 11.8 Å². The van der Waals surface area contributed by atoms with E-state index in [1.807, 2.05) is 6.92 Å². The smallest absolute Gasteiger partial charge is 0.323 e. The Bertz CT molecular complexity index is 975. The second kappa shape index (κ2) is 8.64. The lowest BCUT2D eigenvalue weighted by Gasteiger charge is -2.15. The molecule has 0 saturated heterocycles. The van der Waals surface area contributed by atoms with Crippen LogP contribution in [-0.4, -0.2) is 26.4 Å². The molecule has 1 aromatic heterocycles. The maximum Gasteiger partial charge on any atom is 0.416 e. The second-order valence-corrected chi connectivity index (χ2v) is 7.45. The number of aromatic nitrogens is 3. The Hall–Kier alpha value is -2.88. The number of nitrogens with one attached hydrogen (secondary N) is 1. The van der Waals surface area contributed by atoms with Crippen LogP contribution < -0.4 is 5.32 Å².